The summed E-state index contributed by atoms with van der Waals surface area (Å²) in [7, 11) is 0. The maximum absolute atomic E-state index is 14.0. The largest absolute Gasteiger partial charge is 0.450 e. The third kappa shape index (κ3) is 4.30. The number of carbonyl (C=O) groups excluding carboxylic acids is 1. The lowest BCUT2D eigenvalue weighted by atomic mass is 9.78. The summed E-state index contributed by atoms with van der Waals surface area (Å²) in [6.45, 7) is 7.35. The van der Waals surface area contributed by atoms with Crippen molar-refractivity contribution < 1.29 is 13.9 Å². The molecule has 2 aromatic heterocycles. The number of pyridine rings is 2. The van der Waals surface area contributed by atoms with Crippen molar-refractivity contribution in [1.82, 2.24) is 19.8 Å². The van der Waals surface area contributed by atoms with Crippen LogP contribution in [0.15, 0.2) is 30.6 Å². The van der Waals surface area contributed by atoms with Crippen LogP contribution in [0.3, 0.4) is 0 Å². The minimum Gasteiger partial charge on any atom is -0.450 e. The van der Waals surface area contributed by atoms with Gasteiger partial charge in [0.2, 0.25) is 0 Å². The number of aromatic nitrogens is 2. The zero-order valence-corrected chi connectivity index (χ0v) is 19.4. The smallest absolute Gasteiger partial charge is 0.409 e. The number of ether oxygens (including phenoxy) is 1. The van der Waals surface area contributed by atoms with Crippen molar-refractivity contribution in [3.8, 4) is 17.2 Å². The summed E-state index contributed by atoms with van der Waals surface area (Å²) in [6.07, 6.45) is 6.11. The Hall–Kier alpha value is -3.25. The fourth-order valence-electron chi connectivity index (χ4n) is 5.70. The van der Waals surface area contributed by atoms with E-state index in [0.717, 1.165) is 69.9 Å². The Morgan fingerprint density at radius 3 is 2.71 bits per heavy atom. The van der Waals surface area contributed by atoms with Crippen LogP contribution in [0, 0.1) is 22.6 Å². The average Bonchev–Trinajstić information content (AvgIpc) is 3.29. The van der Waals surface area contributed by atoms with Gasteiger partial charge in [0, 0.05) is 68.0 Å². The lowest BCUT2D eigenvalue weighted by molar-refractivity contribution is -0.00294. The van der Waals surface area contributed by atoms with Gasteiger partial charge in [-0.25, -0.2) is 19.2 Å². The van der Waals surface area contributed by atoms with Gasteiger partial charge in [-0.2, -0.15) is 5.26 Å². The number of nitriles is 1. The Balaban J connectivity index is 1.21. The number of likely N-dealkylation sites (tertiary alicyclic amines) is 1. The Morgan fingerprint density at radius 1 is 1.24 bits per heavy atom. The maximum Gasteiger partial charge on any atom is 0.409 e. The summed E-state index contributed by atoms with van der Waals surface area (Å²) in [5.41, 5.74) is 2.02. The van der Waals surface area contributed by atoms with Crippen LogP contribution >= 0.6 is 0 Å². The summed E-state index contributed by atoms with van der Waals surface area (Å²) in [4.78, 5) is 27.1. The molecule has 2 aromatic rings. The highest BCUT2D eigenvalue weighted by Gasteiger charge is 2.51. The second-order valence-corrected chi connectivity index (χ2v) is 9.54. The molecule has 8 nitrogen and oxygen atoms in total. The van der Waals surface area contributed by atoms with Crippen molar-refractivity contribution in [3.63, 3.8) is 0 Å². The molecule has 0 bridgehead atoms. The summed E-state index contributed by atoms with van der Waals surface area (Å²) in [6, 6.07) is 7.47. The van der Waals surface area contributed by atoms with E-state index < -0.39 is 5.82 Å². The third-order valence-electron chi connectivity index (χ3n) is 7.41. The molecule has 2 aliphatic heterocycles. The van der Waals surface area contributed by atoms with E-state index in [9.17, 15) is 9.18 Å². The van der Waals surface area contributed by atoms with Crippen LogP contribution in [0.1, 0.15) is 31.9 Å². The number of piperazine rings is 1. The van der Waals surface area contributed by atoms with E-state index >= 15 is 0 Å². The van der Waals surface area contributed by atoms with Crippen LogP contribution in [0.25, 0.3) is 11.1 Å². The van der Waals surface area contributed by atoms with Crippen LogP contribution in [0.2, 0.25) is 0 Å². The highest BCUT2D eigenvalue weighted by Crippen LogP contribution is 2.47. The summed E-state index contributed by atoms with van der Waals surface area (Å²) < 4.78 is 19.2. The molecule has 0 N–H and O–H groups in total. The van der Waals surface area contributed by atoms with E-state index in [0.29, 0.717) is 23.9 Å². The first-order chi connectivity index (χ1) is 16.5. The molecule has 1 spiro atoms. The molecule has 9 heteroatoms. The van der Waals surface area contributed by atoms with Gasteiger partial charge >= 0.3 is 6.09 Å². The molecule has 4 heterocycles. The number of hydrogen-bond acceptors (Lipinski definition) is 7. The molecular weight excluding hydrogens is 435 g/mol. The third-order valence-corrected chi connectivity index (χ3v) is 7.41. The maximum atomic E-state index is 14.0. The van der Waals surface area contributed by atoms with Gasteiger partial charge in [0.15, 0.2) is 0 Å². The summed E-state index contributed by atoms with van der Waals surface area (Å²) in [5, 5.41) is 9.01. The van der Waals surface area contributed by atoms with Crippen molar-refractivity contribution >= 4 is 11.9 Å². The van der Waals surface area contributed by atoms with Gasteiger partial charge in [-0.3, -0.25) is 4.90 Å². The normalized spacial score (nSPS) is 21.9. The number of carbonyl (C=O) groups is 1. The topological polar surface area (TPSA) is 85.6 Å². The number of halogens is 1. The molecule has 1 aliphatic carbocycles. The van der Waals surface area contributed by atoms with Crippen molar-refractivity contribution in [2.75, 3.05) is 50.8 Å². The van der Waals surface area contributed by atoms with E-state index in [1.807, 2.05) is 17.9 Å². The van der Waals surface area contributed by atoms with Crippen LogP contribution in [-0.2, 0) is 4.74 Å². The fraction of sp³-hybridized carbons (Fsp3) is 0.520. The van der Waals surface area contributed by atoms with Gasteiger partial charge in [-0.1, -0.05) is 0 Å². The van der Waals surface area contributed by atoms with Crippen LogP contribution in [0.4, 0.5) is 15.0 Å². The highest BCUT2D eigenvalue weighted by molar-refractivity contribution is 5.75. The van der Waals surface area contributed by atoms with Crippen molar-refractivity contribution in [3.05, 3.63) is 42.1 Å². The van der Waals surface area contributed by atoms with E-state index in [-0.39, 0.29) is 11.5 Å². The number of rotatable bonds is 4. The van der Waals surface area contributed by atoms with E-state index in [1.165, 1.54) is 12.3 Å². The number of nitrogens with zero attached hydrogens (tertiary/aromatic N) is 6. The first-order valence-electron chi connectivity index (χ1n) is 11.9. The zero-order valence-electron chi connectivity index (χ0n) is 19.4. The first-order valence-corrected chi connectivity index (χ1v) is 11.9. The van der Waals surface area contributed by atoms with E-state index in [4.69, 9.17) is 10.00 Å². The van der Waals surface area contributed by atoms with Crippen molar-refractivity contribution in [2.45, 2.75) is 32.2 Å². The predicted octanol–water partition coefficient (Wildman–Crippen LogP) is 3.29. The van der Waals surface area contributed by atoms with Crippen molar-refractivity contribution in [2.24, 2.45) is 5.41 Å². The summed E-state index contributed by atoms with van der Waals surface area (Å²) >= 11 is 0. The summed E-state index contributed by atoms with van der Waals surface area (Å²) in [5.74, 6) is 0.356. The Kier molecular flexibility index (Phi) is 6.09. The minimum absolute atomic E-state index is 0.190. The number of anilines is 1. The molecule has 0 radical (unpaired) electrons. The molecule has 1 atom stereocenters. The van der Waals surface area contributed by atoms with Crippen LogP contribution in [-0.4, -0.2) is 77.8 Å². The van der Waals surface area contributed by atoms with Crippen LogP contribution in [0.5, 0.6) is 0 Å². The van der Waals surface area contributed by atoms with Gasteiger partial charge in [0.25, 0.3) is 0 Å². The SMILES string of the molecule is CCOC(=O)N1CC2(CC[C@@H](N3CCN(c4ncc(F)cc4-c4ccc(C#N)nc4)CC3)C2)C1. The molecule has 5 rings (SSSR count). The molecule has 1 saturated carbocycles. The van der Waals surface area contributed by atoms with Crippen LogP contribution < -0.4 is 4.90 Å². The standard InChI is InChI=1S/C25H29FN6O2/c1-2-34-24(33)32-16-25(17-32)6-5-21(12-25)30-7-9-31(10-8-30)23-22(11-19(26)15-29-23)18-3-4-20(13-27)28-14-18/h3-4,11,14-15,21H,2,5-10,12,16-17H2,1H3/t21-/m1/s1. The van der Waals surface area contributed by atoms with E-state index in [2.05, 4.69) is 19.8 Å². The number of amides is 1. The molecule has 0 aromatic carbocycles. The number of hydrogen-bond donors (Lipinski definition) is 0. The predicted molar refractivity (Wildman–Crippen MR) is 125 cm³/mol. The first kappa shape index (κ1) is 22.5. The van der Waals surface area contributed by atoms with Crippen molar-refractivity contribution in [1.29, 1.82) is 5.26 Å². The molecule has 3 aliphatic rings. The quantitative estimate of drug-likeness (QED) is 0.686. The lowest BCUT2D eigenvalue weighted by Gasteiger charge is -2.48. The Labute approximate surface area is 198 Å². The molecule has 34 heavy (non-hydrogen) atoms. The Bertz CT molecular complexity index is 1090. The lowest BCUT2D eigenvalue weighted by Crippen LogP contribution is -2.58. The van der Waals surface area contributed by atoms with Gasteiger partial charge in [-0.05, 0) is 44.4 Å². The second kappa shape index (κ2) is 9.18. The fourth-order valence-corrected chi connectivity index (χ4v) is 5.70. The van der Waals surface area contributed by atoms with Gasteiger partial charge in [0.1, 0.15) is 23.4 Å². The minimum atomic E-state index is -0.393. The van der Waals surface area contributed by atoms with Gasteiger partial charge in [0.05, 0.1) is 12.8 Å². The molecule has 2 saturated heterocycles. The van der Waals surface area contributed by atoms with E-state index in [1.54, 1.807) is 18.3 Å². The molecule has 3 fully saturated rings. The molecule has 178 valence electrons. The molecular formula is C25H29FN6O2. The molecule has 0 unspecified atom stereocenters. The molecule has 1 amide bonds. The zero-order chi connectivity index (χ0) is 23.7. The van der Waals surface area contributed by atoms with Gasteiger partial charge < -0.3 is 14.5 Å². The van der Waals surface area contributed by atoms with Gasteiger partial charge in [-0.15, -0.1) is 0 Å². The monoisotopic (exact) mass is 464 g/mol. The average molecular weight is 465 g/mol. The Morgan fingerprint density at radius 2 is 2.03 bits per heavy atom. The highest BCUT2D eigenvalue weighted by atomic mass is 19.1. The second-order valence-electron chi connectivity index (χ2n) is 9.54.